The van der Waals surface area contributed by atoms with Crippen molar-refractivity contribution in [1.29, 1.82) is 0 Å². The Hall–Kier alpha value is -2.29. The average Bonchev–Trinajstić information content (AvgIpc) is 2.64. The number of anilines is 1. The van der Waals surface area contributed by atoms with Crippen LogP contribution in [-0.2, 0) is 35.0 Å². The van der Waals surface area contributed by atoms with Gasteiger partial charge >= 0.3 is 5.97 Å². The van der Waals surface area contributed by atoms with E-state index in [2.05, 4.69) is 52.1 Å². The van der Waals surface area contributed by atoms with Gasteiger partial charge in [-0.2, -0.15) is 0 Å². The maximum Gasteiger partial charge on any atom is 0.307 e. The van der Waals surface area contributed by atoms with E-state index in [1.807, 2.05) is 24.3 Å². The third-order valence-corrected chi connectivity index (χ3v) is 6.35. The molecule has 0 bridgehead atoms. The fraction of sp³-hybridized carbons (Fsp3) is 0.480. The van der Waals surface area contributed by atoms with Gasteiger partial charge in [-0.1, -0.05) is 58.9 Å². The normalized spacial score (nSPS) is 17.0. The van der Waals surface area contributed by atoms with Gasteiger partial charge in [-0.25, -0.2) is 0 Å². The third kappa shape index (κ3) is 4.24. The van der Waals surface area contributed by atoms with Gasteiger partial charge in [-0.15, -0.1) is 0 Å². The number of carboxylic acids is 1. The van der Waals surface area contributed by atoms with E-state index >= 15 is 0 Å². The minimum Gasteiger partial charge on any atom is -0.481 e. The van der Waals surface area contributed by atoms with Crippen LogP contribution in [0.25, 0.3) is 0 Å². The molecule has 3 rings (SSSR count). The number of aliphatic carboxylic acids is 1. The molecule has 0 aliphatic heterocycles. The van der Waals surface area contributed by atoms with Crippen molar-refractivity contribution in [2.45, 2.75) is 77.7 Å². The van der Waals surface area contributed by atoms with Crippen LogP contribution in [0.3, 0.4) is 0 Å². The SMILES string of the molecule is CCc1cc2c(cc1CNc1ccc(CC(=O)O)cc1)C(C)(C)CCC2(C)C. The molecule has 0 unspecified atom stereocenters. The first-order chi connectivity index (χ1) is 13.1. The highest BCUT2D eigenvalue weighted by Crippen LogP contribution is 2.46. The maximum atomic E-state index is 10.8. The number of nitrogens with one attached hydrogen (secondary N) is 1. The van der Waals surface area contributed by atoms with Crippen molar-refractivity contribution in [1.82, 2.24) is 0 Å². The van der Waals surface area contributed by atoms with Crippen LogP contribution in [0.2, 0.25) is 0 Å². The summed E-state index contributed by atoms with van der Waals surface area (Å²) in [6.45, 7) is 12.5. The molecule has 0 radical (unpaired) electrons. The number of aryl methyl sites for hydroxylation is 1. The van der Waals surface area contributed by atoms with Crippen LogP contribution in [0, 0.1) is 0 Å². The summed E-state index contributed by atoms with van der Waals surface area (Å²) in [6, 6.07) is 12.6. The first kappa shape index (κ1) is 20.4. The van der Waals surface area contributed by atoms with E-state index in [-0.39, 0.29) is 17.3 Å². The molecule has 3 heteroatoms. The quantitative estimate of drug-likeness (QED) is 0.663. The molecule has 0 amide bonds. The van der Waals surface area contributed by atoms with E-state index in [0.29, 0.717) is 0 Å². The molecule has 0 spiro atoms. The van der Waals surface area contributed by atoms with E-state index in [1.165, 1.54) is 35.1 Å². The number of carboxylic acid groups (broad SMARTS) is 1. The van der Waals surface area contributed by atoms with Crippen molar-refractivity contribution in [3.8, 4) is 0 Å². The summed E-state index contributed by atoms with van der Waals surface area (Å²) in [4.78, 5) is 10.8. The molecule has 2 aromatic rings. The standard InChI is InChI=1S/C25H33NO2/c1-6-18-14-21-22(25(4,5)12-11-24(21,2)3)15-19(18)16-26-20-9-7-17(8-10-20)13-23(27)28/h7-10,14-15,26H,6,11-13,16H2,1-5H3,(H,27,28). The molecule has 1 aliphatic rings. The fourth-order valence-electron chi connectivity index (χ4n) is 4.31. The first-order valence-electron chi connectivity index (χ1n) is 10.3. The van der Waals surface area contributed by atoms with Crippen LogP contribution in [-0.4, -0.2) is 11.1 Å². The molecule has 150 valence electrons. The van der Waals surface area contributed by atoms with E-state index in [0.717, 1.165) is 24.2 Å². The van der Waals surface area contributed by atoms with Gasteiger partial charge in [0.05, 0.1) is 6.42 Å². The zero-order chi connectivity index (χ0) is 20.5. The molecular weight excluding hydrogens is 346 g/mol. The molecule has 1 aliphatic carbocycles. The lowest BCUT2D eigenvalue weighted by Crippen LogP contribution is -2.34. The zero-order valence-corrected chi connectivity index (χ0v) is 17.9. The minimum absolute atomic E-state index is 0.0654. The van der Waals surface area contributed by atoms with E-state index in [9.17, 15) is 4.79 Å². The summed E-state index contributed by atoms with van der Waals surface area (Å²) in [5, 5.41) is 12.4. The Morgan fingerprint density at radius 3 is 2.00 bits per heavy atom. The molecule has 2 N–H and O–H groups in total. The molecule has 0 atom stereocenters. The van der Waals surface area contributed by atoms with Gasteiger partial charge in [-0.05, 0) is 70.0 Å². The van der Waals surface area contributed by atoms with Crippen molar-refractivity contribution >= 4 is 11.7 Å². The highest BCUT2D eigenvalue weighted by atomic mass is 16.4. The Kier molecular flexibility index (Phi) is 5.56. The largest absolute Gasteiger partial charge is 0.481 e. The third-order valence-electron chi connectivity index (χ3n) is 6.35. The molecule has 0 saturated heterocycles. The van der Waals surface area contributed by atoms with Crippen molar-refractivity contribution in [3.63, 3.8) is 0 Å². The summed E-state index contributed by atoms with van der Waals surface area (Å²) < 4.78 is 0. The lowest BCUT2D eigenvalue weighted by Gasteiger charge is -2.42. The number of fused-ring (bicyclic) bond motifs is 1. The van der Waals surface area contributed by atoms with Crippen molar-refractivity contribution in [3.05, 3.63) is 64.2 Å². The van der Waals surface area contributed by atoms with Crippen LogP contribution >= 0.6 is 0 Å². The summed E-state index contributed by atoms with van der Waals surface area (Å²) in [5.41, 5.74) is 8.09. The number of hydrogen-bond donors (Lipinski definition) is 2. The molecule has 0 aromatic heterocycles. The van der Waals surface area contributed by atoms with Crippen LogP contribution in [0.15, 0.2) is 36.4 Å². The molecule has 0 fully saturated rings. The average molecular weight is 380 g/mol. The summed E-state index contributed by atoms with van der Waals surface area (Å²) >= 11 is 0. The lowest BCUT2D eigenvalue weighted by atomic mass is 9.62. The van der Waals surface area contributed by atoms with E-state index < -0.39 is 5.97 Å². The van der Waals surface area contributed by atoms with Gasteiger partial charge in [0.15, 0.2) is 0 Å². The molecule has 0 saturated carbocycles. The summed E-state index contributed by atoms with van der Waals surface area (Å²) in [7, 11) is 0. The fourth-order valence-corrected chi connectivity index (χ4v) is 4.31. The summed E-state index contributed by atoms with van der Waals surface area (Å²) in [5.74, 6) is -0.798. The summed E-state index contributed by atoms with van der Waals surface area (Å²) in [6.07, 6.45) is 3.54. The number of hydrogen-bond acceptors (Lipinski definition) is 2. The Balaban J connectivity index is 1.85. The van der Waals surface area contributed by atoms with E-state index in [4.69, 9.17) is 5.11 Å². The van der Waals surface area contributed by atoms with Gasteiger partial charge in [-0.3, -0.25) is 4.79 Å². The Labute approximate surface area is 169 Å². The van der Waals surface area contributed by atoms with Gasteiger partial charge < -0.3 is 10.4 Å². The number of rotatable bonds is 6. The van der Waals surface area contributed by atoms with Gasteiger partial charge in [0.25, 0.3) is 0 Å². The zero-order valence-electron chi connectivity index (χ0n) is 17.9. The smallest absolute Gasteiger partial charge is 0.307 e. The van der Waals surface area contributed by atoms with Gasteiger partial charge in [0.1, 0.15) is 0 Å². The predicted molar refractivity (Wildman–Crippen MR) is 116 cm³/mol. The van der Waals surface area contributed by atoms with Crippen molar-refractivity contribution in [2.75, 3.05) is 5.32 Å². The molecular formula is C25H33NO2. The van der Waals surface area contributed by atoms with Crippen LogP contribution in [0.5, 0.6) is 0 Å². The Bertz CT molecular complexity index is 863. The minimum atomic E-state index is -0.798. The molecule has 28 heavy (non-hydrogen) atoms. The maximum absolute atomic E-state index is 10.8. The highest BCUT2D eigenvalue weighted by molar-refractivity contribution is 5.70. The van der Waals surface area contributed by atoms with Crippen LogP contribution in [0.4, 0.5) is 5.69 Å². The number of benzene rings is 2. The monoisotopic (exact) mass is 379 g/mol. The van der Waals surface area contributed by atoms with Crippen molar-refractivity contribution in [2.24, 2.45) is 0 Å². The van der Waals surface area contributed by atoms with E-state index in [1.54, 1.807) is 0 Å². The molecule has 2 aromatic carbocycles. The second kappa shape index (κ2) is 7.62. The van der Waals surface area contributed by atoms with Crippen LogP contribution in [0.1, 0.15) is 75.3 Å². The molecule has 0 heterocycles. The van der Waals surface area contributed by atoms with Gasteiger partial charge in [0.2, 0.25) is 0 Å². The highest BCUT2D eigenvalue weighted by Gasteiger charge is 2.37. The Morgan fingerprint density at radius 2 is 1.50 bits per heavy atom. The van der Waals surface area contributed by atoms with Gasteiger partial charge in [0, 0.05) is 12.2 Å². The van der Waals surface area contributed by atoms with Crippen LogP contribution < -0.4 is 5.32 Å². The molecule has 3 nitrogen and oxygen atoms in total. The lowest BCUT2D eigenvalue weighted by molar-refractivity contribution is -0.136. The second-order valence-corrected chi connectivity index (χ2v) is 9.41. The second-order valence-electron chi connectivity index (χ2n) is 9.41. The topological polar surface area (TPSA) is 49.3 Å². The number of carbonyl (C=O) groups is 1. The van der Waals surface area contributed by atoms with Crippen molar-refractivity contribution < 1.29 is 9.90 Å². The first-order valence-corrected chi connectivity index (χ1v) is 10.3. The Morgan fingerprint density at radius 1 is 0.964 bits per heavy atom. The predicted octanol–water partition coefficient (Wildman–Crippen LogP) is 5.84.